The lowest BCUT2D eigenvalue weighted by Gasteiger charge is -2.17. The molecule has 0 saturated carbocycles. The Morgan fingerprint density at radius 3 is 2.62 bits per heavy atom. The Morgan fingerprint density at radius 1 is 1.56 bits per heavy atom. The fraction of sp³-hybridized carbons (Fsp3) is 0.700. The van der Waals surface area contributed by atoms with Gasteiger partial charge in [0.25, 0.3) is 0 Å². The maximum Gasteiger partial charge on any atom is 0.151 e. The van der Waals surface area contributed by atoms with E-state index in [9.17, 15) is 8.42 Å². The third-order valence-electron chi connectivity index (χ3n) is 2.76. The highest BCUT2D eigenvalue weighted by molar-refractivity contribution is 7.91. The van der Waals surface area contributed by atoms with E-state index in [4.69, 9.17) is 5.73 Å². The van der Waals surface area contributed by atoms with E-state index >= 15 is 0 Å². The average Bonchev–Trinajstić information content (AvgIpc) is 2.63. The van der Waals surface area contributed by atoms with Gasteiger partial charge in [-0.25, -0.2) is 8.42 Å². The second kappa shape index (κ2) is 4.97. The van der Waals surface area contributed by atoms with Crippen LogP contribution < -0.4 is 5.73 Å². The van der Waals surface area contributed by atoms with Gasteiger partial charge in [-0.05, 0) is 25.8 Å². The van der Waals surface area contributed by atoms with Gasteiger partial charge < -0.3 is 5.73 Å². The minimum absolute atomic E-state index is 0.385. The van der Waals surface area contributed by atoms with Gasteiger partial charge in [0.1, 0.15) is 0 Å². The first-order valence-corrected chi connectivity index (χ1v) is 7.25. The van der Waals surface area contributed by atoms with Crippen LogP contribution in [0.4, 0.5) is 0 Å². The van der Waals surface area contributed by atoms with Crippen molar-refractivity contribution in [1.29, 1.82) is 0 Å². The summed E-state index contributed by atoms with van der Waals surface area (Å²) in [6.07, 6.45) is 5.38. The Morgan fingerprint density at radius 2 is 2.19 bits per heavy atom. The molecule has 0 fully saturated rings. The molecule has 16 heavy (non-hydrogen) atoms. The number of sulfone groups is 1. The first-order chi connectivity index (χ1) is 7.34. The lowest BCUT2D eigenvalue weighted by molar-refractivity contribution is 0.561. The van der Waals surface area contributed by atoms with Crippen molar-refractivity contribution in [2.24, 2.45) is 5.73 Å². The molecule has 1 aromatic rings. The topological polar surface area (TPSA) is 78.0 Å². The lowest BCUT2D eigenvalue weighted by atomic mass is 10.1. The quantitative estimate of drug-likeness (QED) is 0.804. The second-order valence-electron chi connectivity index (χ2n) is 4.11. The van der Waals surface area contributed by atoms with Crippen LogP contribution in [-0.4, -0.2) is 35.7 Å². The van der Waals surface area contributed by atoms with E-state index in [1.165, 1.54) is 6.26 Å². The maximum absolute atomic E-state index is 11.3. The molecule has 92 valence electrons. The van der Waals surface area contributed by atoms with E-state index in [1.54, 1.807) is 17.8 Å². The van der Waals surface area contributed by atoms with Crippen molar-refractivity contribution in [2.75, 3.05) is 6.26 Å². The van der Waals surface area contributed by atoms with Crippen molar-refractivity contribution in [3.05, 3.63) is 18.0 Å². The smallest absolute Gasteiger partial charge is 0.151 e. The molecule has 0 aliphatic carbocycles. The molecule has 0 saturated heterocycles. The zero-order chi connectivity index (χ0) is 12.3. The molecule has 0 bridgehead atoms. The molecule has 1 heterocycles. The van der Waals surface area contributed by atoms with Crippen molar-refractivity contribution in [3.63, 3.8) is 0 Å². The fourth-order valence-electron chi connectivity index (χ4n) is 1.44. The molecule has 1 aromatic heterocycles. The van der Waals surface area contributed by atoms with Crippen LogP contribution in [0.15, 0.2) is 12.4 Å². The predicted octanol–water partition coefficient (Wildman–Crippen LogP) is 0.206. The van der Waals surface area contributed by atoms with E-state index in [2.05, 4.69) is 5.10 Å². The standard InChI is InChI=1S/C10H19N3O2S/c1-4-13-7-9(6-12-13)5-10(11)8(2)16(3,14)15/h6-8,10H,4-5,11H2,1-3H3. The number of aryl methyl sites for hydroxylation is 1. The monoisotopic (exact) mass is 245 g/mol. The highest BCUT2D eigenvalue weighted by Gasteiger charge is 2.23. The van der Waals surface area contributed by atoms with Gasteiger partial charge in [-0.2, -0.15) is 5.10 Å². The number of hydrogen-bond donors (Lipinski definition) is 1. The SMILES string of the molecule is CCn1cc(CC(N)C(C)S(C)(=O)=O)cn1. The summed E-state index contributed by atoms with van der Waals surface area (Å²) in [5.41, 5.74) is 6.85. The summed E-state index contributed by atoms with van der Waals surface area (Å²) in [6, 6.07) is -0.385. The summed E-state index contributed by atoms with van der Waals surface area (Å²) < 4.78 is 24.4. The average molecular weight is 245 g/mol. The fourth-order valence-corrected chi connectivity index (χ4v) is 2.17. The van der Waals surface area contributed by atoms with Crippen LogP contribution >= 0.6 is 0 Å². The van der Waals surface area contributed by atoms with Crippen molar-refractivity contribution in [2.45, 2.75) is 38.1 Å². The van der Waals surface area contributed by atoms with Gasteiger partial charge in [-0.15, -0.1) is 0 Å². The molecule has 0 spiro atoms. The van der Waals surface area contributed by atoms with Crippen LogP contribution in [0.1, 0.15) is 19.4 Å². The molecule has 5 nitrogen and oxygen atoms in total. The Labute approximate surface area is 96.6 Å². The molecule has 1 rings (SSSR count). The van der Waals surface area contributed by atoms with Gasteiger partial charge in [-0.3, -0.25) is 4.68 Å². The summed E-state index contributed by atoms with van der Waals surface area (Å²) in [4.78, 5) is 0. The van der Waals surface area contributed by atoms with Crippen molar-refractivity contribution < 1.29 is 8.42 Å². The Kier molecular flexibility index (Phi) is 4.09. The van der Waals surface area contributed by atoms with Crippen LogP contribution in [0.3, 0.4) is 0 Å². The molecule has 2 N–H and O–H groups in total. The van der Waals surface area contributed by atoms with Crippen LogP contribution in [0, 0.1) is 0 Å². The number of aromatic nitrogens is 2. The summed E-state index contributed by atoms with van der Waals surface area (Å²) in [5.74, 6) is 0. The first-order valence-electron chi connectivity index (χ1n) is 5.30. The minimum atomic E-state index is -3.07. The van der Waals surface area contributed by atoms with Crippen molar-refractivity contribution >= 4 is 9.84 Å². The largest absolute Gasteiger partial charge is 0.326 e. The van der Waals surface area contributed by atoms with Gasteiger partial charge in [0, 0.05) is 25.0 Å². The zero-order valence-electron chi connectivity index (χ0n) is 9.92. The van der Waals surface area contributed by atoms with Crippen LogP contribution in [0.25, 0.3) is 0 Å². The molecule has 2 unspecified atom stereocenters. The van der Waals surface area contributed by atoms with Crippen molar-refractivity contribution in [3.8, 4) is 0 Å². The van der Waals surface area contributed by atoms with E-state index in [1.807, 2.05) is 13.1 Å². The summed E-state index contributed by atoms with van der Waals surface area (Å²) >= 11 is 0. The van der Waals surface area contributed by atoms with Gasteiger partial charge in [0.2, 0.25) is 0 Å². The number of nitrogens with two attached hydrogens (primary N) is 1. The predicted molar refractivity (Wildman–Crippen MR) is 63.9 cm³/mol. The van der Waals surface area contributed by atoms with E-state index in [0.29, 0.717) is 6.42 Å². The molecular formula is C10H19N3O2S. The van der Waals surface area contributed by atoms with E-state index in [-0.39, 0.29) is 6.04 Å². The number of nitrogens with zero attached hydrogens (tertiary/aromatic N) is 2. The van der Waals surface area contributed by atoms with Crippen LogP contribution in [0.5, 0.6) is 0 Å². The molecular weight excluding hydrogens is 226 g/mol. The zero-order valence-corrected chi connectivity index (χ0v) is 10.7. The van der Waals surface area contributed by atoms with Gasteiger partial charge in [0.15, 0.2) is 9.84 Å². The molecule has 0 amide bonds. The molecule has 0 radical (unpaired) electrons. The van der Waals surface area contributed by atoms with E-state index in [0.717, 1.165) is 12.1 Å². The second-order valence-corrected chi connectivity index (χ2v) is 6.51. The highest BCUT2D eigenvalue weighted by Crippen LogP contribution is 2.09. The highest BCUT2D eigenvalue weighted by atomic mass is 32.2. The Hall–Kier alpha value is -0.880. The third-order valence-corrected chi connectivity index (χ3v) is 4.46. The normalized spacial score (nSPS) is 16.0. The van der Waals surface area contributed by atoms with Crippen LogP contribution in [-0.2, 0) is 22.8 Å². The molecule has 2 atom stereocenters. The number of hydrogen-bond acceptors (Lipinski definition) is 4. The van der Waals surface area contributed by atoms with E-state index < -0.39 is 15.1 Å². The maximum atomic E-state index is 11.3. The molecule has 0 aliphatic rings. The van der Waals surface area contributed by atoms with Crippen LogP contribution in [0.2, 0.25) is 0 Å². The third kappa shape index (κ3) is 3.31. The molecule has 0 aromatic carbocycles. The summed E-state index contributed by atoms with van der Waals surface area (Å²) in [5, 5.41) is 3.59. The lowest BCUT2D eigenvalue weighted by Crippen LogP contribution is -2.39. The van der Waals surface area contributed by atoms with Gasteiger partial charge in [-0.1, -0.05) is 0 Å². The summed E-state index contributed by atoms with van der Waals surface area (Å²) in [6.45, 7) is 4.44. The first kappa shape index (κ1) is 13.2. The Balaban J connectivity index is 2.67. The Bertz CT molecular complexity index is 439. The van der Waals surface area contributed by atoms with Crippen molar-refractivity contribution in [1.82, 2.24) is 9.78 Å². The van der Waals surface area contributed by atoms with Gasteiger partial charge >= 0.3 is 0 Å². The van der Waals surface area contributed by atoms with Gasteiger partial charge in [0.05, 0.1) is 11.4 Å². The summed E-state index contributed by atoms with van der Waals surface area (Å²) in [7, 11) is -3.07. The minimum Gasteiger partial charge on any atom is -0.326 e. The number of rotatable bonds is 5. The molecule has 6 heteroatoms. The molecule has 0 aliphatic heterocycles.